The first-order valence-corrected chi connectivity index (χ1v) is 11.4. The minimum Gasteiger partial charge on any atom is -0.481 e. The number of ether oxygens (including phenoxy) is 2. The van der Waals surface area contributed by atoms with Crippen molar-refractivity contribution >= 4 is 11.9 Å². The summed E-state index contributed by atoms with van der Waals surface area (Å²) in [7, 11) is 0. The third kappa shape index (κ3) is 3.08. The van der Waals surface area contributed by atoms with Crippen LogP contribution in [0.3, 0.4) is 0 Å². The van der Waals surface area contributed by atoms with Crippen LogP contribution in [0.4, 0.5) is 0 Å². The van der Waals surface area contributed by atoms with Gasteiger partial charge in [-0.1, -0.05) is 19.1 Å². The molecule has 2 spiro atoms. The standard InChI is InChI=1S/C22H33N3O4/c1-3-16-8-4-5-11-21(29-16)13-15-9-10-17-18(19(26)27)22(12-6-7-14(2)28-22)24-20(23-21)25(15)17/h4,8,14-18H,3,5-7,9-13H2,1-2H3,(H,23,24)(H,26,27)/t14-,15+,16+,17-,18+,21+,22-/m1/s1. The van der Waals surface area contributed by atoms with E-state index in [2.05, 4.69) is 29.3 Å². The Morgan fingerprint density at radius 2 is 2.21 bits per heavy atom. The van der Waals surface area contributed by atoms with Crippen LogP contribution in [0.1, 0.15) is 71.6 Å². The Labute approximate surface area is 172 Å². The van der Waals surface area contributed by atoms with E-state index in [-0.39, 0.29) is 24.3 Å². The molecule has 5 rings (SSSR count). The minimum atomic E-state index is -0.965. The van der Waals surface area contributed by atoms with Gasteiger partial charge in [0.05, 0.1) is 18.2 Å². The molecule has 3 saturated heterocycles. The molecule has 0 saturated carbocycles. The van der Waals surface area contributed by atoms with Crippen molar-refractivity contribution < 1.29 is 19.4 Å². The number of aliphatic carboxylic acids is 1. The molecule has 5 aliphatic heterocycles. The molecule has 2 N–H and O–H groups in total. The molecule has 0 radical (unpaired) electrons. The molecular formula is C22H33N3O4. The van der Waals surface area contributed by atoms with Gasteiger partial charge < -0.3 is 24.8 Å². The maximum atomic E-state index is 12.4. The molecule has 5 heterocycles. The first kappa shape index (κ1) is 19.4. The van der Waals surface area contributed by atoms with E-state index in [0.717, 1.165) is 57.3 Å². The monoisotopic (exact) mass is 403 g/mol. The highest BCUT2D eigenvalue weighted by Crippen LogP contribution is 2.49. The van der Waals surface area contributed by atoms with Crippen molar-refractivity contribution in [2.75, 3.05) is 0 Å². The Kier molecular flexibility index (Phi) is 4.66. The van der Waals surface area contributed by atoms with Gasteiger partial charge in [-0.15, -0.1) is 0 Å². The average Bonchev–Trinajstić information content (AvgIpc) is 2.96. The molecule has 0 aromatic rings. The van der Waals surface area contributed by atoms with Crippen LogP contribution in [0, 0.1) is 5.92 Å². The van der Waals surface area contributed by atoms with Gasteiger partial charge in [0.2, 0.25) is 0 Å². The Hall–Kier alpha value is -1.60. The molecule has 5 aliphatic rings. The maximum absolute atomic E-state index is 12.4. The molecule has 7 heteroatoms. The van der Waals surface area contributed by atoms with Crippen molar-refractivity contribution in [2.24, 2.45) is 10.9 Å². The number of carboxylic acid groups (broad SMARTS) is 1. The minimum absolute atomic E-state index is 0.0269. The van der Waals surface area contributed by atoms with Crippen LogP contribution < -0.4 is 5.32 Å². The lowest BCUT2D eigenvalue weighted by Gasteiger charge is -2.55. The molecule has 7 nitrogen and oxygen atoms in total. The second kappa shape index (κ2) is 6.98. The number of aliphatic imine (C=N–C) groups is 1. The van der Waals surface area contributed by atoms with Crippen LogP contribution in [0.25, 0.3) is 0 Å². The third-order valence-electron chi connectivity index (χ3n) is 7.52. The molecular weight excluding hydrogens is 370 g/mol. The number of nitrogens with zero attached hydrogens (tertiary/aromatic N) is 2. The van der Waals surface area contributed by atoms with Gasteiger partial charge in [0.1, 0.15) is 11.6 Å². The average molecular weight is 404 g/mol. The number of hydrogen-bond acceptors (Lipinski definition) is 6. The zero-order valence-corrected chi connectivity index (χ0v) is 17.5. The normalized spacial score (nSPS) is 46.2. The summed E-state index contributed by atoms with van der Waals surface area (Å²) in [5.41, 5.74) is -1.40. The largest absolute Gasteiger partial charge is 0.481 e. The highest BCUT2D eigenvalue weighted by Gasteiger charge is 2.61. The summed E-state index contributed by atoms with van der Waals surface area (Å²) < 4.78 is 12.9. The van der Waals surface area contributed by atoms with E-state index < -0.39 is 23.3 Å². The highest BCUT2D eigenvalue weighted by atomic mass is 16.5. The van der Waals surface area contributed by atoms with Gasteiger partial charge >= 0.3 is 5.97 Å². The van der Waals surface area contributed by atoms with E-state index in [0.29, 0.717) is 6.42 Å². The molecule has 7 atom stereocenters. The molecule has 160 valence electrons. The van der Waals surface area contributed by atoms with Crippen molar-refractivity contribution in [2.45, 2.75) is 107 Å². The van der Waals surface area contributed by atoms with E-state index in [4.69, 9.17) is 14.5 Å². The van der Waals surface area contributed by atoms with E-state index in [1.807, 2.05) is 6.92 Å². The predicted molar refractivity (Wildman–Crippen MR) is 108 cm³/mol. The first-order valence-electron chi connectivity index (χ1n) is 11.4. The van der Waals surface area contributed by atoms with Crippen molar-refractivity contribution in [3.8, 4) is 0 Å². The van der Waals surface area contributed by atoms with Gasteiger partial charge in [0.25, 0.3) is 0 Å². The highest BCUT2D eigenvalue weighted by molar-refractivity contribution is 5.86. The quantitative estimate of drug-likeness (QED) is 0.690. The first-order chi connectivity index (χ1) is 14.0. The fraction of sp³-hybridized carbons (Fsp3) is 0.818. The van der Waals surface area contributed by atoms with Crippen molar-refractivity contribution in [1.29, 1.82) is 0 Å². The fourth-order valence-electron chi connectivity index (χ4n) is 6.30. The van der Waals surface area contributed by atoms with Gasteiger partial charge in [-0.25, -0.2) is 4.99 Å². The van der Waals surface area contributed by atoms with E-state index in [1.54, 1.807) is 0 Å². The number of carboxylic acids is 1. The summed E-state index contributed by atoms with van der Waals surface area (Å²) in [6.45, 7) is 4.18. The topological polar surface area (TPSA) is 83.4 Å². The zero-order chi connectivity index (χ0) is 20.2. The Bertz CT molecular complexity index is 740. The molecule has 0 aromatic heterocycles. The van der Waals surface area contributed by atoms with Crippen molar-refractivity contribution in [3.05, 3.63) is 12.2 Å². The zero-order valence-electron chi connectivity index (χ0n) is 17.5. The van der Waals surface area contributed by atoms with E-state index in [1.165, 1.54) is 0 Å². The smallest absolute Gasteiger partial charge is 0.313 e. The Morgan fingerprint density at radius 3 is 2.97 bits per heavy atom. The lowest BCUT2D eigenvalue weighted by atomic mass is 9.80. The van der Waals surface area contributed by atoms with Crippen LogP contribution in [-0.4, -0.2) is 57.7 Å². The number of carbonyl (C=O) groups is 1. The summed E-state index contributed by atoms with van der Waals surface area (Å²) in [5.74, 6) is -0.601. The number of allylic oxidation sites excluding steroid dienone is 1. The van der Waals surface area contributed by atoms with Crippen LogP contribution in [0.15, 0.2) is 17.1 Å². The van der Waals surface area contributed by atoms with Crippen LogP contribution in [-0.2, 0) is 14.3 Å². The summed E-state index contributed by atoms with van der Waals surface area (Å²) >= 11 is 0. The molecule has 3 fully saturated rings. The predicted octanol–water partition coefficient (Wildman–Crippen LogP) is 3.01. The summed E-state index contributed by atoms with van der Waals surface area (Å²) in [6, 6.07) is 0.210. The van der Waals surface area contributed by atoms with Crippen LogP contribution in [0.2, 0.25) is 0 Å². The number of hydrogen-bond donors (Lipinski definition) is 2. The van der Waals surface area contributed by atoms with Crippen molar-refractivity contribution in [3.63, 3.8) is 0 Å². The van der Waals surface area contributed by atoms with Gasteiger partial charge in [0.15, 0.2) is 11.7 Å². The SMILES string of the molecule is CC[C@H]1C=CCC[C@@]2(C[C@@H]3CC[C@@H]4[C@@H](C(=O)O)[C@]5(CCC[C@@H](C)O5)N=C(N2)N34)O1. The van der Waals surface area contributed by atoms with Crippen LogP contribution >= 0.6 is 0 Å². The molecule has 0 unspecified atom stereocenters. The second-order valence-electron chi connectivity index (χ2n) is 9.48. The molecule has 29 heavy (non-hydrogen) atoms. The third-order valence-corrected chi connectivity index (χ3v) is 7.52. The van der Waals surface area contributed by atoms with Gasteiger partial charge in [-0.3, -0.25) is 4.79 Å². The lowest BCUT2D eigenvalue weighted by Crippen LogP contribution is -2.71. The van der Waals surface area contributed by atoms with Crippen molar-refractivity contribution in [1.82, 2.24) is 10.2 Å². The number of rotatable bonds is 2. The summed E-state index contributed by atoms with van der Waals surface area (Å²) in [4.78, 5) is 19.7. The second-order valence-corrected chi connectivity index (χ2v) is 9.48. The van der Waals surface area contributed by atoms with E-state index >= 15 is 0 Å². The summed E-state index contributed by atoms with van der Waals surface area (Å²) in [5, 5.41) is 13.8. The number of guanidine groups is 1. The van der Waals surface area contributed by atoms with Gasteiger partial charge in [-0.2, -0.15) is 0 Å². The van der Waals surface area contributed by atoms with Gasteiger partial charge in [-0.05, 0) is 58.3 Å². The molecule has 0 amide bonds. The lowest BCUT2D eigenvalue weighted by molar-refractivity contribution is -0.190. The number of nitrogens with one attached hydrogen (secondary N) is 1. The van der Waals surface area contributed by atoms with Gasteiger partial charge in [0, 0.05) is 12.5 Å². The summed E-state index contributed by atoms with van der Waals surface area (Å²) in [6.07, 6.45) is 12.6. The fourth-order valence-corrected chi connectivity index (χ4v) is 6.30. The Balaban J connectivity index is 1.54. The van der Waals surface area contributed by atoms with E-state index in [9.17, 15) is 9.90 Å². The molecule has 0 bridgehead atoms. The molecule has 0 aliphatic carbocycles. The Morgan fingerprint density at radius 1 is 1.34 bits per heavy atom. The molecule has 0 aromatic carbocycles. The maximum Gasteiger partial charge on any atom is 0.313 e. The van der Waals surface area contributed by atoms with Crippen LogP contribution in [0.5, 0.6) is 0 Å².